The van der Waals surface area contributed by atoms with Gasteiger partial charge >= 0.3 is 5.97 Å². The number of rotatable bonds is 8. The van der Waals surface area contributed by atoms with Gasteiger partial charge in [0.25, 0.3) is 11.8 Å². The van der Waals surface area contributed by atoms with Crippen molar-refractivity contribution in [3.05, 3.63) is 60.1 Å². The van der Waals surface area contributed by atoms with Crippen LogP contribution in [0.2, 0.25) is 0 Å². The fourth-order valence-electron chi connectivity index (χ4n) is 2.12. The number of esters is 1. The summed E-state index contributed by atoms with van der Waals surface area (Å²) in [6, 6.07) is 11.2. The molecule has 7 nitrogen and oxygen atoms in total. The van der Waals surface area contributed by atoms with Gasteiger partial charge in [-0.3, -0.25) is 9.59 Å². The van der Waals surface area contributed by atoms with Crippen molar-refractivity contribution in [3.63, 3.8) is 0 Å². The first-order valence-electron chi connectivity index (χ1n) is 7.85. The van der Waals surface area contributed by atoms with E-state index in [-0.39, 0.29) is 18.7 Å². The average Bonchev–Trinajstić information content (AvgIpc) is 3.19. The zero-order valence-electron chi connectivity index (χ0n) is 13.9. The number of carbonyl (C=O) groups is 3. The van der Waals surface area contributed by atoms with Crippen LogP contribution in [-0.2, 0) is 20.7 Å². The maximum absolute atomic E-state index is 12.3. The number of ether oxygens (including phenoxy) is 1. The fraction of sp³-hybridized carbons (Fsp3) is 0.211. The van der Waals surface area contributed by atoms with E-state index < -0.39 is 30.4 Å². The van der Waals surface area contributed by atoms with E-state index in [2.05, 4.69) is 16.6 Å². The zero-order valence-corrected chi connectivity index (χ0v) is 13.9. The SMILES string of the molecule is C#CCNC(=O)COC(=O)[C@H](Cc1ccccc1)NC(=O)c1ccco1. The molecule has 0 radical (unpaired) electrons. The summed E-state index contributed by atoms with van der Waals surface area (Å²) in [6.45, 7) is -0.443. The smallest absolute Gasteiger partial charge is 0.329 e. The van der Waals surface area contributed by atoms with E-state index in [4.69, 9.17) is 15.6 Å². The predicted octanol–water partition coefficient (Wildman–Crippen LogP) is 0.913. The predicted molar refractivity (Wildman–Crippen MR) is 92.9 cm³/mol. The number of furan rings is 1. The first kappa shape index (κ1) is 18.8. The molecule has 1 atom stereocenters. The lowest BCUT2D eigenvalue weighted by atomic mass is 10.1. The van der Waals surface area contributed by atoms with Gasteiger partial charge in [0.05, 0.1) is 12.8 Å². The van der Waals surface area contributed by atoms with E-state index in [1.54, 1.807) is 6.07 Å². The lowest BCUT2D eigenvalue weighted by Crippen LogP contribution is -2.44. The van der Waals surface area contributed by atoms with Gasteiger partial charge in [0, 0.05) is 6.42 Å². The van der Waals surface area contributed by atoms with Crippen molar-refractivity contribution in [2.24, 2.45) is 0 Å². The number of hydrogen-bond donors (Lipinski definition) is 2. The third-order valence-electron chi connectivity index (χ3n) is 3.35. The second kappa shape index (κ2) is 9.69. The van der Waals surface area contributed by atoms with E-state index in [0.29, 0.717) is 0 Å². The molecule has 0 saturated heterocycles. The quantitative estimate of drug-likeness (QED) is 0.543. The number of benzene rings is 1. The Labute approximate surface area is 150 Å². The molecule has 2 amide bonds. The van der Waals surface area contributed by atoms with Crippen molar-refractivity contribution >= 4 is 17.8 Å². The molecule has 2 aromatic rings. The maximum atomic E-state index is 12.3. The second-order valence-electron chi connectivity index (χ2n) is 5.28. The average molecular weight is 354 g/mol. The molecule has 26 heavy (non-hydrogen) atoms. The van der Waals surface area contributed by atoms with Crippen molar-refractivity contribution in [1.29, 1.82) is 0 Å². The highest BCUT2D eigenvalue weighted by atomic mass is 16.5. The van der Waals surface area contributed by atoms with Gasteiger partial charge in [-0.1, -0.05) is 36.3 Å². The third-order valence-corrected chi connectivity index (χ3v) is 3.35. The summed E-state index contributed by atoms with van der Waals surface area (Å²) >= 11 is 0. The molecule has 0 bridgehead atoms. The van der Waals surface area contributed by atoms with Crippen molar-refractivity contribution in [1.82, 2.24) is 10.6 Å². The molecule has 0 aliphatic carbocycles. The van der Waals surface area contributed by atoms with Crippen molar-refractivity contribution in [3.8, 4) is 12.3 Å². The van der Waals surface area contributed by atoms with Gasteiger partial charge in [0.15, 0.2) is 12.4 Å². The monoisotopic (exact) mass is 354 g/mol. The summed E-state index contributed by atoms with van der Waals surface area (Å²) in [5.41, 5.74) is 0.825. The highest BCUT2D eigenvalue weighted by Crippen LogP contribution is 2.07. The molecule has 134 valence electrons. The number of terminal acetylenes is 1. The molecule has 0 spiro atoms. The minimum atomic E-state index is -0.976. The summed E-state index contributed by atoms with van der Waals surface area (Å²) in [5.74, 6) is 0.511. The van der Waals surface area contributed by atoms with Crippen LogP contribution in [0.15, 0.2) is 53.1 Å². The summed E-state index contributed by atoms with van der Waals surface area (Å²) in [5, 5.41) is 4.95. The van der Waals surface area contributed by atoms with Crippen LogP contribution in [0.1, 0.15) is 16.1 Å². The lowest BCUT2D eigenvalue weighted by molar-refractivity contribution is -0.150. The number of nitrogens with one attached hydrogen (secondary N) is 2. The van der Waals surface area contributed by atoms with Crippen LogP contribution in [0.5, 0.6) is 0 Å². The number of amides is 2. The van der Waals surface area contributed by atoms with Gasteiger partial charge < -0.3 is 19.8 Å². The fourth-order valence-corrected chi connectivity index (χ4v) is 2.12. The standard InChI is InChI=1S/C19H18N2O5/c1-2-10-20-17(22)13-26-19(24)15(12-14-7-4-3-5-8-14)21-18(23)16-9-6-11-25-16/h1,3-9,11,15H,10,12-13H2,(H,20,22)(H,21,23)/t15-/m0/s1. The molecule has 0 unspecified atom stereocenters. The Morgan fingerprint density at radius 2 is 1.92 bits per heavy atom. The minimum Gasteiger partial charge on any atom is -0.459 e. The summed E-state index contributed by atoms with van der Waals surface area (Å²) in [7, 11) is 0. The van der Waals surface area contributed by atoms with E-state index in [1.807, 2.05) is 30.3 Å². The van der Waals surface area contributed by atoms with Crippen molar-refractivity contribution in [2.45, 2.75) is 12.5 Å². The molecule has 7 heteroatoms. The Morgan fingerprint density at radius 1 is 1.15 bits per heavy atom. The molecular weight excluding hydrogens is 336 g/mol. The molecular formula is C19H18N2O5. The van der Waals surface area contributed by atoms with E-state index in [1.165, 1.54) is 12.3 Å². The minimum absolute atomic E-state index is 0.0407. The van der Waals surface area contributed by atoms with Gasteiger partial charge in [-0.15, -0.1) is 6.42 Å². The Hall–Kier alpha value is -3.53. The first-order chi connectivity index (χ1) is 12.6. The molecule has 1 heterocycles. The zero-order chi connectivity index (χ0) is 18.8. The van der Waals surface area contributed by atoms with Gasteiger partial charge in [-0.25, -0.2) is 4.79 Å². The maximum Gasteiger partial charge on any atom is 0.329 e. The van der Waals surface area contributed by atoms with Crippen LogP contribution in [0.3, 0.4) is 0 Å². The molecule has 1 aromatic carbocycles. The van der Waals surface area contributed by atoms with E-state index in [0.717, 1.165) is 5.56 Å². The van der Waals surface area contributed by atoms with Gasteiger partial charge in [-0.05, 0) is 17.7 Å². The molecule has 2 N–H and O–H groups in total. The normalized spacial score (nSPS) is 11.0. The van der Waals surface area contributed by atoms with Crippen LogP contribution in [0.25, 0.3) is 0 Å². The van der Waals surface area contributed by atoms with Gasteiger partial charge in [-0.2, -0.15) is 0 Å². The first-order valence-corrected chi connectivity index (χ1v) is 7.85. The second-order valence-corrected chi connectivity index (χ2v) is 5.28. The Morgan fingerprint density at radius 3 is 2.58 bits per heavy atom. The van der Waals surface area contributed by atoms with E-state index >= 15 is 0 Å². The largest absolute Gasteiger partial charge is 0.459 e. The highest BCUT2D eigenvalue weighted by Gasteiger charge is 2.25. The van der Waals surface area contributed by atoms with Crippen molar-refractivity contribution in [2.75, 3.05) is 13.2 Å². The van der Waals surface area contributed by atoms with Gasteiger partial charge in [0.2, 0.25) is 0 Å². The lowest BCUT2D eigenvalue weighted by Gasteiger charge is -2.17. The summed E-state index contributed by atoms with van der Waals surface area (Å²) in [4.78, 5) is 36.0. The van der Waals surface area contributed by atoms with Gasteiger partial charge in [0.1, 0.15) is 6.04 Å². The molecule has 2 rings (SSSR count). The van der Waals surface area contributed by atoms with Crippen LogP contribution in [0.4, 0.5) is 0 Å². The summed E-state index contributed by atoms with van der Waals surface area (Å²) in [6.07, 6.45) is 6.60. The Bertz CT molecular complexity index is 778. The van der Waals surface area contributed by atoms with Crippen LogP contribution in [-0.4, -0.2) is 37.0 Å². The topological polar surface area (TPSA) is 97.6 Å². The summed E-state index contributed by atoms with van der Waals surface area (Å²) < 4.78 is 10.0. The number of carbonyl (C=O) groups excluding carboxylic acids is 3. The molecule has 1 aromatic heterocycles. The highest BCUT2D eigenvalue weighted by molar-refractivity contribution is 5.94. The van der Waals surface area contributed by atoms with Crippen molar-refractivity contribution < 1.29 is 23.5 Å². The van der Waals surface area contributed by atoms with E-state index in [9.17, 15) is 14.4 Å². The molecule has 0 aliphatic heterocycles. The van der Waals surface area contributed by atoms with Crippen LogP contribution in [0, 0.1) is 12.3 Å². The molecule has 0 aliphatic rings. The molecule has 0 fully saturated rings. The van der Waals surface area contributed by atoms with Crippen LogP contribution < -0.4 is 10.6 Å². The third kappa shape index (κ3) is 5.83. The Kier molecular flexibility index (Phi) is 7.01. The Balaban J connectivity index is 2.01. The number of hydrogen-bond acceptors (Lipinski definition) is 5. The molecule has 0 saturated carbocycles. The van der Waals surface area contributed by atoms with Crippen LogP contribution >= 0.6 is 0 Å².